The topological polar surface area (TPSA) is 59.4 Å². The number of aryl methyl sites for hydroxylation is 1. The van der Waals surface area contributed by atoms with Crippen LogP contribution in [0.1, 0.15) is 5.56 Å². The minimum Gasteiger partial charge on any atom is -0.479 e. The Balaban J connectivity index is 2.72. The van der Waals surface area contributed by atoms with Crippen molar-refractivity contribution in [1.29, 1.82) is 0 Å². The maximum Gasteiger partial charge on any atom is 0.341 e. The molecule has 0 saturated heterocycles. The van der Waals surface area contributed by atoms with E-state index in [2.05, 4.69) is 4.98 Å². The number of hydrogen-bond acceptors (Lipinski definition) is 3. The number of carbonyl (C=O) groups is 1. The van der Waals surface area contributed by atoms with Crippen LogP contribution < -0.4 is 4.74 Å². The molecule has 13 heavy (non-hydrogen) atoms. The van der Waals surface area contributed by atoms with Crippen LogP contribution >= 0.6 is 11.6 Å². The molecule has 1 aromatic rings. The summed E-state index contributed by atoms with van der Waals surface area (Å²) in [6, 6.07) is 1.66. The average Bonchev–Trinajstić information content (AvgIpc) is 2.02. The monoisotopic (exact) mass is 201 g/mol. The van der Waals surface area contributed by atoms with Gasteiger partial charge in [0.1, 0.15) is 0 Å². The highest BCUT2D eigenvalue weighted by molar-refractivity contribution is 6.30. The minimum atomic E-state index is -1.03. The molecular weight excluding hydrogens is 194 g/mol. The van der Waals surface area contributed by atoms with Gasteiger partial charge in [0.15, 0.2) is 6.61 Å². The fourth-order valence-corrected chi connectivity index (χ4v) is 1.02. The van der Waals surface area contributed by atoms with Crippen LogP contribution in [0.15, 0.2) is 12.3 Å². The molecular formula is C8H8ClNO3. The third-order valence-electron chi connectivity index (χ3n) is 1.33. The molecule has 0 aromatic carbocycles. The maximum atomic E-state index is 10.2. The summed E-state index contributed by atoms with van der Waals surface area (Å²) in [5.74, 6) is -0.733. The Hall–Kier alpha value is -1.29. The summed E-state index contributed by atoms with van der Waals surface area (Å²) in [5.41, 5.74) is 0.716. The number of aliphatic carboxylic acids is 1. The first-order valence-corrected chi connectivity index (χ1v) is 3.94. The first-order valence-electron chi connectivity index (χ1n) is 3.56. The van der Waals surface area contributed by atoms with Crippen LogP contribution in [0.5, 0.6) is 5.88 Å². The van der Waals surface area contributed by atoms with Gasteiger partial charge in [-0.3, -0.25) is 0 Å². The third kappa shape index (κ3) is 2.91. The molecule has 0 saturated carbocycles. The first kappa shape index (κ1) is 9.80. The summed E-state index contributed by atoms with van der Waals surface area (Å²) < 4.78 is 4.88. The van der Waals surface area contributed by atoms with Crippen LogP contribution in [0, 0.1) is 6.92 Å². The van der Waals surface area contributed by atoms with E-state index in [1.807, 2.05) is 0 Å². The van der Waals surface area contributed by atoms with Gasteiger partial charge in [0, 0.05) is 11.8 Å². The van der Waals surface area contributed by atoms with Crippen LogP contribution in [0.25, 0.3) is 0 Å². The quantitative estimate of drug-likeness (QED) is 0.805. The molecule has 5 heteroatoms. The van der Waals surface area contributed by atoms with E-state index in [1.165, 1.54) is 6.20 Å². The molecule has 1 aromatic heterocycles. The lowest BCUT2D eigenvalue weighted by Gasteiger charge is -2.04. The summed E-state index contributed by atoms with van der Waals surface area (Å²) in [6.07, 6.45) is 1.41. The number of carboxylic acids is 1. The molecule has 0 radical (unpaired) electrons. The highest BCUT2D eigenvalue weighted by Gasteiger charge is 2.04. The van der Waals surface area contributed by atoms with E-state index < -0.39 is 12.6 Å². The van der Waals surface area contributed by atoms with Crippen LogP contribution in [0.3, 0.4) is 0 Å². The summed E-state index contributed by atoms with van der Waals surface area (Å²) in [6.45, 7) is 1.35. The van der Waals surface area contributed by atoms with Gasteiger partial charge in [0.25, 0.3) is 0 Å². The number of aromatic nitrogens is 1. The van der Waals surface area contributed by atoms with Gasteiger partial charge in [0.2, 0.25) is 5.88 Å². The van der Waals surface area contributed by atoms with Crippen molar-refractivity contribution in [1.82, 2.24) is 4.98 Å². The lowest BCUT2D eigenvalue weighted by molar-refractivity contribution is -0.139. The van der Waals surface area contributed by atoms with Gasteiger partial charge in [0.05, 0.1) is 5.02 Å². The molecule has 1 rings (SSSR count). The number of ether oxygens (including phenoxy) is 1. The number of carboxylic acid groups (broad SMARTS) is 1. The number of hydrogen-bond donors (Lipinski definition) is 1. The van der Waals surface area contributed by atoms with Crippen molar-refractivity contribution in [2.75, 3.05) is 6.61 Å². The summed E-state index contributed by atoms with van der Waals surface area (Å²) in [5, 5.41) is 8.84. The van der Waals surface area contributed by atoms with E-state index in [0.29, 0.717) is 16.5 Å². The number of pyridine rings is 1. The van der Waals surface area contributed by atoms with Gasteiger partial charge in [-0.2, -0.15) is 0 Å². The van der Waals surface area contributed by atoms with Gasteiger partial charge in [-0.05, 0) is 13.0 Å². The molecule has 0 amide bonds. The van der Waals surface area contributed by atoms with E-state index >= 15 is 0 Å². The molecule has 1 N–H and O–H groups in total. The van der Waals surface area contributed by atoms with E-state index in [-0.39, 0.29) is 0 Å². The predicted molar refractivity (Wildman–Crippen MR) is 47.1 cm³/mol. The zero-order chi connectivity index (χ0) is 9.84. The smallest absolute Gasteiger partial charge is 0.341 e. The van der Waals surface area contributed by atoms with Gasteiger partial charge in [-0.15, -0.1) is 0 Å². The Kier molecular flexibility index (Phi) is 3.08. The van der Waals surface area contributed by atoms with Crippen molar-refractivity contribution < 1.29 is 14.6 Å². The van der Waals surface area contributed by atoms with Crippen LogP contribution in [-0.4, -0.2) is 22.7 Å². The maximum absolute atomic E-state index is 10.2. The summed E-state index contributed by atoms with van der Waals surface area (Å²) >= 11 is 5.65. The Morgan fingerprint density at radius 1 is 1.77 bits per heavy atom. The molecule has 0 aliphatic carbocycles. The molecule has 0 unspecified atom stereocenters. The third-order valence-corrected chi connectivity index (χ3v) is 1.54. The largest absolute Gasteiger partial charge is 0.479 e. The van der Waals surface area contributed by atoms with Crippen LogP contribution in [0.2, 0.25) is 5.02 Å². The first-order chi connectivity index (χ1) is 6.09. The highest BCUT2D eigenvalue weighted by Crippen LogP contribution is 2.17. The second-order valence-corrected chi connectivity index (χ2v) is 2.89. The van der Waals surface area contributed by atoms with Gasteiger partial charge >= 0.3 is 5.97 Å². The number of rotatable bonds is 3. The van der Waals surface area contributed by atoms with E-state index in [9.17, 15) is 4.79 Å². The lowest BCUT2D eigenvalue weighted by Crippen LogP contribution is -2.10. The Morgan fingerprint density at radius 2 is 2.46 bits per heavy atom. The standard InChI is InChI=1S/C8H8ClNO3/c1-5-2-6(9)3-10-8(5)13-4-7(11)12/h2-3H,4H2,1H3,(H,11,12). The molecule has 1 heterocycles. The Bertz CT molecular complexity index is 327. The molecule has 0 aliphatic rings. The Labute approximate surface area is 80.1 Å². The van der Waals surface area contributed by atoms with Gasteiger partial charge in [-0.1, -0.05) is 11.6 Å². The van der Waals surface area contributed by atoms with Crippen molar-refractivity contribution in [2.45, 2.75) is 6.92 Å². The van der Waals surface area contributed by atoms with E-state index in [4.69, 9.17) is 21.4 Å². The number of nitrogens with zero attached hydrogens (tertiary/aromatic N) is 1. The zero-order valence-corrected chi connectivity index (χ0v) is 7.71. The second-order valence-electron chi connectivity index (χ2n) is 2.46. The van der Waals surface area contributed by atoms with Crippen molar-refractivity contribution in [3.63, 3.8) is 0 Å². The minimum absolute atomic E-state index is 0.298. The molecule has 0 bridgehead atoms. The van der Waals surface area contributed by atoms with Crippen molar-refractivity contribution in [3.8, 4) is 5.88 Å². The van der Waals surface area contributed by atoms with Gasteiger partial charge in [-0.25, -0.2) is 9.78 Å². The molecule has 0 spiro atoms. The lowest BCUT2D eigenvalue weighted by atomic mass is 10.3. The van der Waals surface area contributed by atoms with Gasteiger partial charge < -0.3 is 9.84 Å². The zero-order valence-electron chi connectivity index (χ0n) is 6.95. The fourth-order valence-electron chi connectivity index (χ4n) is 0.809. The molecule has 70 valence electrons. The fraction of sp³-hybridized carbons (Fsp3) is 0.250. The van der Waals surface area contributed by atoms with Crippen molar-refractivity contribution in [2.24, 2.45) is 0 Å². The SMILES string of the molecule is Cc1cc(Cl)cnc1OCC(=O)O. The van der Waals surface area contributed by atoms with Crippen molar-refractivity contribution >= 4 is 17.6 Å². The van der Waals surface area contributed by atoms with Crippen LogP contribution in [-0.2, 0) is 4.79 Å². The highest BCUT2D eigenvalue weighted by atomic mass is 35.5. The Morgan fingerprint density at radius 3 is 3.00 bits per heavy atom. The summed E-state index contributed by atoms with van der Waals surface area (Å²) in [4.78, 5) is 14.0. The number of halogens is 1. The second kappa shape index (κ2) is 4.09. The molecule has 4 nitrogen and oxygen atoms in total. The normalized spacial score (nSPS) is 9.69. The molecule has 0 fully saturated rings. The van der Waals surface area contributed by atoms with Crippen molar-refractivity contribution in [3.05, 3.63) is 22.8 Å². The molecule has 0 aliphatic heterocycles. The predicted octanol–water partition coefficient (Wildman–Crippen LogP) is 1.51. The average molecular weight is 202 g/mol. The summed E-state index contributed by atoms with van der Waals surface area (Å²) in [7, 11) is 0. The van der Waals surface area contributed by atoms with E-state index in [0.717, 1.165) is 0 Å². The van der Waals surface area contributed by atoms with E-state index in [1.54, 1.807) is 13.0 Å². The van der Waals surface area contributed by atoms with Crippen LogP contribution in [0.4, 0.5) is 0 Å². The molecule has 0 atom stereocenters.